The first-order valence-corrected chi connectivity index (χ1v) is 10.3. The number of ether oxygens (including phenoxy) is 3. The quantitative estimate of drug-likeness (QED) is 0.520. The van der Waals surface area contributed by atoms with Gasteiger partial charge in [0.1, 0.15) is 19.5 Å². The van der Waals surface area contributed by atoms with Crippen molar-refractivity contribution in [2.24, 2.45) is 0 Å². The Morgan fingerprint density at radius 2 is 1.97 bits per heavy atom. The number of fused-ring (bicyclic) bond motifs is 1. The van der Waals surface area contributed by atoms with E-state index < -0.39 is 5.97 Å². The Morgan fingerprint density at radius 3 is 2.72 bits per heavy atom. The van der Waals surface area contributed by atoms with E-state index in [1.165, 1.54) is 23.4 Å². The first-order chi connectivity index (χ1) is 15.5. The number of methoxy groups -OCH3 is 1. The van der Waals surface area contributed by atoms with Crippen molar-refractivity contribution in [3.63, 3.8) is 0 Å². The highest BCUT2D eigenvalue weighted by molar-refractivity contribution is 5.87. The number of likely N-dealkylation sites (N-methyl/N-ethyl adjacent to an activating group) is 1. The number of carboxylic acids is 1. The minimum atomic E-state index is -0.989. The Bertz CT molecular complexity index is 1080. The van der Waals surface area contributed by atoms with Crippen LogP contribution in [0.5, 0.6) is 23.1 Å². The van der Waals surface area contributed by atoms with E-state index in [-0.39, 0.29) is 6.54 Å². The van der Waals surface area contributed by atoms with Gasteiger partial charge in [0.25, 0.3) is 0 Å². The van der Waals surface area contributed by atoms with Gasteiger partial charge in [0.15, 0.2) is 17.2 Å². The van der Waals surface area contributed by atoms with Crippen molar-refractivity contribution in [3.05, 3.63) is 30.9 Å². The molecule has 170 valence electrons. The number of piperazine rings is 1. The summed E-state index contributed by atoms with van der Waals surface area (Å²) in [4.78, 5) is 24.1. The van der Waals surface area contributed by atoms with Crippen molar-refractivity contribution in [3.8, 4) is 23.1 Å². The third-order valence-electron chi connectivity index (χ3n) is 5.27. The molecule has 1 aromatic carbocycles. The van der Waals surface area contributed by atoms with Gasteiger partial charge >= 0.3 is 5.97 Å². The van der Waals surface area contributed by atoms with Gasteiger partial charge in [0.05, 0.1) is 30.4 Å². The van der Waals surface area contributed by atoms with Crippen LogP contribution in [-0.4, -0.2) is 94.1 Å². The molecule has 0 atom stereocenters. The van der Waals surface area contributed by atoms with Crippen LogP contribution in [0.25, 0.3) is 10.9 Å². The fourth-order valence-corrected chi connectivity index (χ4v) is 3.48. The van der Waals surface area contributed by atoms with Gasteiger partial charge in [-0.25, -0.2) is 9.97 Å². The van der Waals surface area contributed by atoms with E-state index >= 15 is 0 Å². The van der Waals surface area contributed by atoms with E-state index in [0.29, 0.717) is 40.6 Å². The first kappa shape index (κ1) is 21.8. The molecule has 2 aromatic heterocycles. The summed E-state index contributed by atoms with van der Waals surface area (Å²) in [7, 11) is 3.71. The number of carbonyl (C=O) groups is 1. The van der Waals surface area contributed by atoms with E-state index in [2.05, 4.69) is 31.9 Å². The molecule has 11 nitrogen and oxygen atoms in total. The maximum atomic E-state index is 10.8. The summed E-state index contributed by atoms with van der Waals surface area (Å²) in [6.45, 7) is 5.33. The predicted molar refractivity (Wildman–Crippen MR) is 115 cm³/mol. The third-order valence-corrected chi connectivity index (χ3v) is 5.27. The summed E-state index contributed by atoms with van der Waals surface area (Å²) in [5.74, 6) is 0.854. The molecule has 0 saturated carbocycles. The molecular formula is C21H26N6O5. The van der Waals surface area contributed by atoms with Gasteiger partial charge in [-0.05, 0) is 13.1 Å². The average molecular weight is 442 g/mol. The molecule has 32 heavy (non-hydrogen) atoms. The number of benzene rings is 1. The zero-order valence-electron chi connectivity index (χ0n) is 18.1. The van der Waals surface area contributed by atoms with Crippen molar-refractivity contribution < 1.29 is 24.1 Å². The Morgan fingerprint density at radius 1 is 1.16 bits per heavy atom. The van der Waals surface area contributed by atoms with Crippen LogP contribution < -0.4 is 14.2 Å². The van der Waals surface area contributed by atoms with Crippen molar-refractivity contribution >= 4 is 16.9 Å². The van der Waals surface area contributed by atoms with Gasteiger partial charge in [0, 0.05) is 38.8 Å². The zero-order chi connectivity index (χ0) is 22.5. The molecule has 1 fully saturated rings. The molecule has 0 radical (unpaired) electrons. The molecule has 0 spiro atoms. The fourth-order valence-electron chi connectivity index (χ4n) is 3.48. The van der Waals surface area contributed by atoms with Crippen LogP contribution in [0.2, 0.25) is 0 Å². The summed E-state index contributed by atoms with van der Waals surface area (Å²) < 4.78 is 18.6. The molecule has 3 aromatic rings. The SMILES string of the molecule is COc1cc2c(Oc3cnn(CC(=O)O)c3)ncnc2cc1OCCN1CCN(C)CC1. The summed E-state index contributed by atoms with van der Waals surface area (Å²) in [6, 6.07) is 3.58. The Kier molecular flexibility index (Phi) is 6.66. The number of hydrogen-bond donors (Lipinski definition) is 1. The van der Waals surface area contributed by atoms with Crippen LogP contribution >= 0.6 is 0 Å². The lowest BCUT2D eigenvalue weighted by atomic mass is 10.2. The number of aromatic nitrogens is 4. The Labute approximate surface area is 185 Å². The fraction of sp³-hybridized carbons (Fsp3) is 0.429. The van der Waals surface area contributed by atoms with Crippen LogP contribution in [0.4, 0.5) is 0 Å². The maximum Gasteiger partial charge on any atom is 0.325 e. The normalized spacial score (nSPS) is 15.1. The molecule has 0 unspecified atom stereocenters. The van der Waals surface area contributed by atoms with Gasteiger partial charge in [-0.3, -0.25) is 14.4 Å². The van der Waals surface area contributed by atoms with Crippen LogP contribution in [0.3, 0.4) is 0 Å². The smallest absolute Gasteiger partial charge is 0.325 e. The molecule has 1 N–H and O–H groups in total. The third kappa shape index (κ3) is 5.24. The molecule has 11 heteroatoms. The largest absolute Gasteiger partial charge is 0.493 e. The second-order valence-corrected chi connectivity index (χ2v) is 7.56. The molecule has 0 aliphatic carbocycles. The van der Waals surface area contributed by atoms with Crippen molar-refractivity contribution in [1.29, 1.82) is 0 Å². The van der Waals surface area contributed by atoms with E-state index in [1.54, 1.807) is 19.2 Å². The molecule has 1 aliphatic rings. The minimum absolute atomic E-state index is 0.253. The highest BCUT2D eigenvalue weighted by Gasteiger charge is 2.16. The molecule has 0 amide bonds. The molecular weight excluding hydrogens is 416 g/mol. The topological polar surface area (TPSA) is 115 Å². The average Bonchev–Trinajstić information content (AvgIpc) is 3.21. The highest BCUT2D eigenvalue weighted by Crippen LogP contribution is 2.35. The van der Waals surface area contributed by atoms with E-state index in [0.717, 1.165) is 32.7 Å². The monoisotopic (exact) mass is 442 g/mol. The van der Waals surface area contributed by atoms with Gasteiger partial charge in [-0.1, -0.05) is 0 Å². The molecule has 4 rings (SSSR count). The number of nitrogens with zero attached hydrogens (tertiary/aromatic N) is 6. The summed E-state index contributed by atoms with van der Waals surface area (Å²) >= 11 is 0. The summed E-state index contributed by atoms with van der Waals surface area (Å²) in [5, 5.41) is 13.5. The number of carboxylic acid groups (broad SMARTS) is 1. The number of rotatable bonds is 9. The van der Waals surface area contributed by atoms with Crippen molar-refractivity contribution in [2.75, 3.05) is 53.5 Å². The summed E-state index contributed by atoms with van der Waals surface area (Å²) in [6.07, 6.45) is 4.33. The second kappa shape index (κ2) is 9.79. The summed E-state index contributed by atoms with van der Waals surface area (Å²) in [5.41, 5.74) is 0.642. The molecule has 0 bridgehead atoms. The second-order valence-electron chi connectivity index (χ2n) is 7.56. The lowest BCUT2D eigenvalue weighted by Gasteiger charge is -2.32. The lowest BCUT2D eigenvalue weighted by Crippen LogP contribution is -2.45. The molecule has 1 aliphatic heterocycles. The standard InChI is InChI=1S/C21H26N6O5/c1-25-3-5-26(6-4-25)7-8-31-19-10-17-16(9-18(19)30-2)21(23-14-22-17)32-15-11-24-27(12-15)13-20(28)29/h9-12,14H,3-8,13H2,1-2H3,(H,28,29). The van der Waals surface area contributed by atoms with Crippen LogP contribution in [0.15, 0.2) is 30.9 Å². The highest BCUT2D eigenvalue weighted by atomic mass is 16.5. The zero-order valence-corrected chi connectivity index (χ0v) is 18.1. The Hall–Kier alpha value is -3.44. The molecule has 3 heterocycles. The predicted octanol–water partition coefficient (Wildman–Crippen LogP) is 1.34. The number of hydrogen-bond acceptors (Lipinski definition) is 9. The van der Waals surface area contributed by atoms with E-state index in [1.807, 2.05) is 0 Å². The lowest BCUT2D eigenvalue weighted by molar-refractivity contribution is -0.137. The van der Waals surface area contributed by atoms with Gasteiger partial charge in [-0.2, -0.15) is 5.10 Å². The van der Waals surface area contributed by atoms with Crippen LogP contribution in [0.1, 0.15) is 0 Å². The van der Waals surface area contributed by atoms with Gasteiger partial charge in [0.2, 0.25) is 5.88 Å². The van der Waals surface area contributed by atoms with Crippen LogP contribution in [-0.2, 0) is 11.3 Å². The first-order valence-electron chi connectivity index (χ1n) is 10.3. The maximum absolute atomic E-state index is 10.8. The van der Waals surface area contributed by atoms with Crippen LogP contribution in [0, 0.1) is 0 Å². The van der Waals surface area contributed by atoms with Crippen molar-refractivity contribution in [1.82, 2.24) is 29.5 Å². The molecule has 1 saturated heterocycles. The Balaban J connectivity index is 1.48. The van der Waals surface area contributed by atoms with Gasteiger partial charge in [-0.15, -0.1) is 0 Å². The van der Waals surface area contributed by atoms with E-state index in [4.69, 9.17) is 19.3 Å². The minimum Gasteiger partial charge on any atom is -0.493 e. The van der Waals surface area contributed by atoms with E-state index in [9.17, 15) is 4.79 Å². The van der Waals surface area contributed by atoms with Gasteiger partial charge < -0.3 is 24.2 Å². The number of aliphatic carboxylic acids is 1. The van der Waals surface area contributed by atoms with Crippen molar-refractivity contribution in [2.45, 2.75) is 6.54 Å².